The summed E-state index contributed by atoms with van der Waals surface area (Å²) < 4.78 is 0. The van der Waals surface area contributed by atoms with Crippen molar-refractivity contribution < 1.29 is 14.4 Å². The molecule has 0 spiro atoms. The molecule has 1 aliphatic heterocycles. The van der Waals surface area contributed by atoms with Gasteiger partial charge in [0.15, 0.2) is 0 Å². The van der Waals surface area contributed by atoms with E-state index in [1.54, 1.807) is 24.3 Å². The number of benzene rings is 2. The van der Waals surface area contributed by atoms with E-state index < -0.39 is 17.9 Å². The summed E-state index contributed by atoms with van der Waals surface area (Å²) in [5, 5.41) is 2.99. The Morgan fingerprint density at radius 3 is 1.97 bits per heavy atom. The van der Waals surface area contributed by atoms with Crippen LogP contribution in [0.1, 0.15) is 58.7 Å². The number of imide groups is 1. The summed E-state index contributed by atoms with van der Waals surface area (Å²) in [6, 6.07) is 14.2. The Hall–Kier alpha value is -2.99. The summed E-state index contributed by atoms with van der Waals surface area (Å²) in [4.78, 5) is 42.2. The molecule has 2 aromatic carbocycles. The maximum Gasteiger partial charge on any atom is 0.262 e. The smallest absolute Gasteiger partial charge is 0.262 e. The highest BCUT2D eigenvalue weighted by atomic mass is 16.2. The van der Waals surface area contributed by atoms with Crippen LogP contribution in [0.3, 0.4) is 0 Å². The highest BCUT2D eigenvalue weighted by molar-refractivity contribution is 6.22. The van der Waals surface area contributed by atoms with Crippen molar-refractivity contribution in [3.05, 3.63) is 70.8 Å². The van der Waals surface area contributed by atoms with E-state index in [9.17, 15) is 14.4 Å². The number of carbonyl (C=O) groups excluding carboxylic acids is 3. The lowest BCUT2D eigenvalue weighted by molar-refractivity contribution is -0.126. The van der Waals surface area contributed by atoms with Crippen LogP contribution in [0, 0.1) is 5.92 Å². The molecular weight excluding hydrogens is 390 g/mol. The Morgan fingerprint density at radius 2 is 1.52 bits per heavy atom. The molecule has 0 bridgehead atoms. The first-order valence-electron chi connectivity index (χ1n) is 10.8. The average Bonchev–Trinajstić information content (AvgIpc) is 2.99. The first-order chi connectivity index (χ1) is 14.8. The van der Waals surface area contributed by atoms with E-state index in [0.29, 0.717) is 17.7 Å². The van der Waals surface area contributed by atoms with Crippen molar-refractivity contribution in [2.24, 2.45) is 5.92 Å². The standard InChI is InChI=1S/C25H31N3O3/c1-6-17-11-13-18(14-12-17)21(27(4)5)15-26-23(29)22(16(2)3)28-24(30)19-9-7-8-10-20(19)25(28)31/h7-14,16,21-22H,6,15H2,1-5H3,(H,26,29). The zero-order valence-corrected chi connectivity index (χ0v) is 18.9. The van der Waals surface area contributed by atoms with Gasteiger partial charge < -0.3 is 10.2 Å². The molecule has 6 nitrogen and oxygen atoms in total. The molecule has 0 radical (unpaired) electrons. The molecule has 0 aliphatic carbocycles. The van der Waals surface area contributed by atoms with Crippen molar-refractivity contribution in [2.75, 3.05) is 20.6 Å². The van der Waals surface area contributed by atoms with E-state index in [0.717, 1.165) is 16.9 Å². The van der Waals surface area contributed by atoms with Gasteiger partial charge in [-0.25, -0.2) is 0 Å². The number of hydrogen-bond acceptors (Lipinski definition) is 4. The molecule has 0 saturated heterocycles. The van der Waals surface area contributed by atoms with Crippen molar-refractivity contribution in [1.29, 1.82) is 0 Å². The van der Waals surface area contributed by atoms with Crippen LogP contribution in [0.5, 0.6) is 0 Å². The van der Waals surface area contributed by atoms with Gasteiger partial charge in [0.05, 0.1) is 17.2 Å². The molecule has 31 heavy (non-hydrogen) atoms. The fourth-order valence-electron chi connectivity index (χ4n) is 4.05. The van der Waals surface area contributed by atoms with Crippen molar-refractivity contribution in [3.8, 4) is 0 Å². The van der Waals surface area contributed by atoms with Crippen molar-refractivity contribution in [2.45, 2.75) is 39.3 Å². The van der Waals surface area contributed by atoms with E-state index >= 15 is 0 Å². The molecule has 3 rings (SSSR count). The minimum atomic E-state index is -0.863. The monoisotopic (exact) mass is 421 g/mol. The van der Waals surface area contributed by atoms with E-state index in [2.05, 4.69) is 36.5 Å². The number of nitrogens with zero attached hydrogens (tertiary/aromatic N) is 2. The fraction of sp³-hybridized carbons (Fsp3) is 0.400. The SMILES string of the molecule is CCc1ccc(C(CNC(=O)C(C(C)C)N2C(=O)c3ccccc3C2=O)N(C)C)cc1. The lowest BCUT2D eigenvalue weighted by Gasteiger charge is -2.30. The maximum atomic E-state index is 13.2. The minimum Gasteiger partial charge on any atom is -0.352 e. The number of aryl methyl sites for hydroxylation is 1. The van der Waals surface area contributed by atoms with E-state index in [4.69, 9.17) is 0 Å². The number of fused-ring (bicyclic) bond motifs is 1. The van der Waals surface area contributed by atoms with Gasteiger partial charge in [-0.05, 0) is 49.7 Å². The third kappa shape index (κ3) is 4.54. The maximum absolute atomic E-state index is 13.2. The van der Waals surface area contributed by atoms with Crippen LogP contribution in [-0.2, 0) is 11.2 Å². The van der Waals surface area contributed by atoms with Gasteiger partial charge in [-0.3, -0.25) is 19.3 Å². The van der Waals surface area contributed by atoms with Crippen LogP contribution < -0.4 is 5.32 Å². The van der Waals surface area contributed by atoms with Crippen LogP contribution in [0.15, 0.2) is 48.5 Å². The molecule has 2 atom stereocenters. The Labute approximate surface area is 184 Å². The molecule has 6 heteroatoms. The molecule has 1 aliphatic rings. The number of amides is 3. The molecular formula is C25H31N3O3. The third-order valence-corrected chi connectivity index (χ3v) is 5.87. The zero-order chi connectivity index (χ0) is 22.7. The molecule has 1 N–H and O–H groups in total. The lowest BCUT2D eigenvalue weighted by atomic mass is 10.00. The van der Waals surface area contributed by atoms with Crippen LogP contribution in [-0.4, -0.2) is 54.2 Å². The molecule has 164 valence electrons. The molecule has 0 saturated carbocycles. The van der Waals surface area contributed by atoms with Gasteiger partial charge in [0.1, 0.15) is 6.04 Å². The van der Waals surface area contributed by atoms with E-state index in [1.165, 1.54) is 5.56 Å². The van der Waals surface area contributed by atoms with Crippen molar-refractivity contribution in [3.63, 3.8) is 0 Å². The molecule has 2 unspecified atom stereocenters. The van der Waals surface area contributed by atoms with Gasteiger partial charge in [-0.2, -0.15) is 0 Å². The van der Waals surface area contributed by atoms with Crippen LogP contribution in [0.2, 0.25) is 0 Å². The second kappa shape index (κ2) is 9.43. The van der Waals surface area contributed by atoms with E-state index in [-0.39, 0.29) is 17.9 Å². The quantitative estimate of drug-likeness (QED) is 0.664. The Bertz CT molecular complexity index is 931. The highest BCUT2D eigenvalue weighted by Crippen LogP contribution is 2.27. The summed E-state index contributed by atoms with van der Waals surface area (Å²) in [7, 11) is 3.93. The zero-order valence-electron chi connectivity index (χ0n) is 18.9. The Kier molecular flexibility index (Phi) is 6.91. The first kappa shape index (κ1) is 22.7. The third-order valence-electron chi connectivity index (χ3n) is 5.87. The summed E-state index contributed by atoms with van der Waals surface area (Å²) >= 11 is 0. The summed E-state index contributed by atoms with van der Waals surface area (Å²) in [6.45, 7) is 6.19. The number of carbonyl (C=O) groups is 3. The fourth-order valence-corrected chi connectivity index (χ4v) is 4.05. The average molecular weight is 422 g/mol. The van der Waals surface area contributed by atoms with Crippen LogP contribution in [0.4, 0.5) is 0 Å². The normalized spacial score (nSPS) is 15.4. The number of rotatable bonds is 8. The van der Waals surface area contributed by atoms with Crippen molar-refractivity contribution >= 4 is 17.7 Å². The summed E-state index contributed by atoms with van der Waals surface area (Å²) in [5.41, 5.74) is 3.07. The van der Waals surface area contributed by atoms with Gasteiger partial charge in [-0.15, -0.1) is 0 Å². The second-order valence-corrected chi connectivity index (χ2v) is 8.53. The predicted octanol–water partition coefficient (Wildman–Crippen LogP) is 3.29. The largest absolute Gasteiger partial charge is 0.352 e. The van der Waals surface area contributed by atoms with E-state index in [1.807, 2.05) is 32.8 Å². The Morgan fingerprint density at radius 1 is 0.968 bits per heavy atom. The topological polar surface area (TPSA) is 69.7 Å². The number of nitrogens with one attached hydrogen (secondary N) is 1. The van der Waals surface area contributed by atoms with Gasteiger partial charge in [0, 0.05) is 6.54 Å². The number of hydrogen-bond donors (Lipinski definition) is 1. The summed E-state index contributed by atoms with van der Waals surface area (Å²) in [5.74, 6) is -1.35. The highest BCUT2D eigenvalue weighted by Gasteiger charge is 2.43. The second-order valence-electron chi connectivity index (χ2n) is 8.53. The molecule has 0 fully saturated rings. The van der Waals surface area contributed by atoms with Gasteiger partial charge in [0.25, 0.3) is 11.8 Å². The molecule has 2 aromatic rings. The lowest BCUT2D eigenvalue weighted by Crippen LogP contribution is -2.53. The van der Waals surface area contributed by atoms with Crippen LogP contribution >= 0.6 is 0 Å². The predicted molar refractivity (Wildman–Crippen MR) is 121 cm³/mol. The van der Waals surface area contributed by atoms with Crippen LogP contribution in [0.25, 0.3) is 0 Å². The first-order valence-corrected chi connectivity index (χ1v) is 10.8. The Balaban J connectivity index is 1.78. The number of likely N-dealkylation sites (N-methyl/N-ethyl adjacent to an activating group) is 1. The molecule has 0 aromatic heterocycles. The van der Waals surface area contributed by atoms with Gasteiger partial charge >= 0.3 is 0 Å². The van der Waals surface area contributed by atoms with Gasteiger partial charge in [0.2, 0.25) is 5.91 Å². The van der Waals surface area contributed by atoms with Crippen molar-refractivity contribution in [1.82, 2.24) is 15.1 Å². The summed E-state index contributed by atoms with van der Waals surface area (Å²) in [6.07, 6.45) is 0.972. The molecule has 3 amide bonds. The van der Waals surface area contributed by atoms with Gasteiger partial charge in [-0.1, -0.05) is 57.2 Å². The molecule has 1 heterocycles. The minimum absolute atomic E-state index is 0.0233.